The van der Waals surface area contributed by atoms with Crippen LogP contribution in [0.4, 0.5) is 0 Å². The number of hydrogen-bond donors (Lipinski definition) is 0. The maximum absolute atomic E-state index is 6.44. The second-order valence-electron chi connectivity index (χ2n) is 11.0. The fourth-order valence-corrected chi connectivity index (χ4v) is 5.62. The van der Waals surface area contributed by atoms with Crippen LogP contribution in [0.5, 0.6) is 11.5 Å². The lowest BCUT2D eigenvalue weighted by Gasteiger charge is -2.20. The van der Waals surface area contributed by atoms with Gasteiger partial charge in [-0.05, 0) is 64.9 Å². The van der Waals surface area contributed by atoms with Gasteiger partial charge in [-0.2, -0.15) is 0 Å². The van der Waals surface area contributed by atoms with Gasteiger partial charge in [-0.1, -0.05) is 26.8 Å². The minimum absolute atomic E-state index is 0.0563. The summed E-state index contributed by atoms with van der Waals surface area (Å²) in [4.78, 5) is 18.4. The summed E-state index contributed by atoms with van der Waals surface area (Å²) in [6.07, 6.45) is 11.0. The van der Waals surface area contributed by atoms with Crippen molar-refractivity contribution in [3.63, 3.8) is 0 Å². The van der Waals surface area contributed by atoms with Crippen LogP contribution in [-0.2, 0) is 5.41 Å². The van der Waals surface area contributed by atoms with Crippen molar-refractivity contribution in [3.8, 4) is 11.5 Å². The molecule has 0 atom stereocenters. The lowest BCUT2D eigenvalue weighted by molar-refractivity contribution is 0.484. The Labute approximate surface area is 223 Å². The zero-order valence-corrected chi connectivity index (χ0v) is 21.8. The molecule has 8 aromatic rings. The third-order valence-corrected chi connectivity index (χ3v) is 7.56. The van der Waals surface area contributed by atoms with Gasteiger partial charge in [0.25, 0.3) is 0 Å². The molecule has 0 aliphatic heterocycles. The number of rotatable bonds is 2. The van der Waals surface area contributed by atoms with Gasteiger partial charge in [0.1, 0.15) is 28.3 Å². The fourth-order valence-electron chi connectivity index (χ4n) is 5.62. The Kier molecular flexibility index (Phi) is 4.36. The minimum atomic E-state index is 0.0563. The van der Waals surface area contributed by atoms with Crippen LogP contribution < -0.4 is 4.74 Å². The highest BCUT2D eigenvalue weighted by atomic mass is 16.5. The van der Waals surface area contributed by atoms with E-state index in [1.807, 2.05) is 47.3 Å². The second-order valence-corrected chi connectivity index (χ2v) is 11.0. The summed E-state index contributed by atoms with van der Waals surface area (Å²) < 4.78 is 10.6. The molecule has 0 spiro atoms. The molecule has 8 rings (SSSR count). The molecule has 0 N–H and O–H groups in total. The quantitative estimate of drug-likeness (QED) is 0.227. The number of nitrogens with zero attached hydrogens (tertiary/aromatic N) is 6. The molecule has 0 fully saturated rings. The zero-order chi connectivity index (χ0) is 26.3. The van der Waals surface area contributed by atoms with E-state index in [0.29, 0.717) is 0 Å². The molecule has 5 aromatic heterocycles. The van der Waals surface area contributed by atoms with Crippen LogP contribution in [0.2, 0.25) is 0 Å². The molecule has 0 radical (unpaired) electrons. The van der Waals surface area contributed by atoms with Gasteiger partial charge in [0.2, 0.25) is 0 Å². The number of aromatic nitrogens is 6. The third-order valence-electron chi connectivity index (χ3n) is 7.56. The van der Waals surface area contributed by atoms with Crippen molar-refractivity contribution < 1.29 is 4.74 Å². The Bertz CT molecular complexity index is 2250. The molecule has 0 unspecified atom stereocenters. The number of pyridine rings is 2. The van der Waals surface area contributed by atoms with E-state index in [1.54, 1.807) is 18.6 Å². The average Bonchev–Trinajstić information content (AvgIpc) is 3.63. The number of benzene rings is 3. The summed E-state index contributed by atoms with van der Waals surface area (Å²) in [6, 6.07) is 19.0. The van der Waals surface area contributed by atoms with E-state index in [0.717, 1.165) is 61.0 Å². The molecule has 0 aliphatic rings. The van der Waals surface area contributed by atoms with Crippen LogP contribution in [0, 0.1) is 0 Å². The summed E-state index contributed by atoms with van der Waals surface area (Å²) in [5.41, 5.74) is 5.85. The Hall–Kier alpha value is -5.04. The van der Waals surface area contributed by atoms with E-state index >= 15 is 0 Å². The molecule has 5 heterocycles. The highest BCUT2D eigenvalue weighted by molar-refractivity contribution is 6.12. The zero-order valence-electron chi connectivity index (χ0n) is 21.8. The molecule has 188 valence electrons. The smallest absolute Gasteiger partial charge is 0.165 e. The molecule has 0 aliphatic carbocycles. The Morgan fingerprint density at radius 3 is 1.97 bits per heavy atom. The molecule has 0 saturated carbocycles. The fraction of sp³-hybridized carbons (Fsp3) is 0.125. The van der Waals surface area contributed by atoms with Crippen molar-refractivity contribution in [2.24, 2.45) is 0 Å². The second kappa shape index (κ2) is 7.74. The van der Waals surface area contributed by atoms with Gasteiger partial charge in [-0.25, -0.2) is 15.0 Å². The maximum atomic E-state index is 6.44. The van der Waals surface area contributed by atoms with Crippen LogP contribution >= 0.6 is 0 Å². The summed E-state index contributed by atoms with van der Waals surface area (Å²) in [7, 11) is 0. The van der Waals surface area contributed by atoms with E-state index in [9.17, 15) is 0 Å². The Balaban J connectivity index is 1.30. The summed E-state index contributed by atoms with van der Waals surface area (Å²) in [5.74, 6) is 1.48. The highest BCUT2D eigenvalue weighted by Crippen LogP contribution is 2.36. The van der Waals surface area contributed by atoms with E-state index in [2.05, 4.69) is 70.5 Å². The Morgan fingerprint density at radius 2 is 1.21 bits per heavy atom. The molecule has 3 aromatic carbocycles. The summed E-state index contributed by atoms with van der Waals surface area (Å²) in [6.45, 7) is 6.73. The normalized spacial score (nSPS) is 12.5. The van der Waals surface area contributed by atoms with Crippen molar-refractivity contribution in [1.82, 2.24) is 28.7 Å². The van der Waals surface area contributed by atoms with Gasteiger partial charge in [0.15, 0.2) is 5.65 Å². The van der Waals surface area contributed by atoms with Crippen molar-refractivity contribution in [1.29, 1.82) is 0 Å². The van der Waals surface area contributed by atoms with Gasteiger partial charge < -0.3 is 4.74 Å². The number of fused-ring (bicyclic) bond motifs is 12. The predicted molar refractivity (Wildman–Crippen MR) is 155 cm³/mol. The Morgan fingerprint density at radius 1 is 0.564 bits per heavy atom. The lowest BCUT2D eigenvalue weighted by atomic mass is 9.86. The van der Waals surface area contributed by atoms with Gasteiger partial charge in [0.05, 0.1) is 5.52 Å². The average molecular weight is 509 g/mol. The molecule has 0 bridgehead atoms. The topological polar surface area (TPSA) is 69.6 Å². The van der Waals surface area contributed by atoms with E-state index in [4.69, 9.17) is 9.72 Å². The van der Waals surface area contributed by atoms with Crippen LogP contribution in [0.15, 0.2) is 91.8 Å². The molecular weight excluding hydrogens is 484 g/mol. The molecular formula is C32H24N6O. The minimum Gasteiger partial charge on any atom is -0.457 e. The van der Waals surface area contributed by atoms with Crippen LogP contribution in [0.3, 0.4) is 0 Å². The van der Waals surface area contributed by atoms with Gasteiger partial charge in [0, 0.05) is 58.7 Å². The SMILES string of the molecule is CC(C)(C)c1ccc2c(c1)c1ccc(Oc3ccc4c(c3)c3nccn3c3nccnc43)cc1c1nccn21. The van der Waals surface area contributed by atoms with Crippen LogP contribution in [0.1, 0.15) is 26.3 Å². The van der Waals surface area contributed by atoms with Crippen molar-refractivity contribution >= 4 is 54.9 Å². The molecule has 0 saturated heterocycles. The van der Waals surface area contributed by atoms with Crippen molar-refractivity contribution in [2.45, 2.75) is 26.2 Å². The first-order chi connectivity index (χ1) is 19.0. The summed E-state index contributed by atoms with van der Waals surface area (Å²) in [5, 5.41) is 5.36. The summed E-state index contributed by atoms with van der Waals surface area (Å²) >= 11 is 0. The van der Waals surface area contributed by atoms with Gasteiger partial charge in [-0.15, -0.1) is 0 Å². The van der Waals surface area contributed by atoms with Crippen molar-refractivity contribution in [3.05, 3.63) is 97.3 Å². The van der Waals surface area contributed by atoms with E-state index in [-0.39, 0.29) is 5.41 Å². The first kappa shape index (κ1) is 22.0. The molecule has 0 amide bonds. The van der Waals surface area contributed by atoms with E-state index < -0.39 is 0 Å². The predicted octanol–water partition coefficient (Wildman–Crippen LogP) is 7.47. The standard InChI is InChI=1S/C32H24N6O/c1-32(2,3)19-4-9-27-24(16-19)22-7-5-20(17-25(22)29-35-12-14-37(27)29)39-21-6-8-23-26(18-21)30-36-13-15-38(30)31-28(23)33-10-11-34-31/h4-18H,1-3H3. The first-order valence-electron chi connectivity index (χ1n) is 13.0. The number of hydrogen-bond acceptors (Lipinski definition) is 5. The van der Waals surface area contributed by atoms with Crippen LogP contribution in [-0.4, -0.2) is 28.7 Å². The molecule has 7 nitrogen and oxygen atoms in total. The first-order valence-corrected chi connectivity index (χ1v) is 13.0. The van der Waals surface area contributed by atoms with Gasteiger partial charge in [-0.3, -0.25) is 13.8 Å². The largest absolute Gasteiger partial charge is 0.457 e. The monoisotopic (exact) mass is 508 g/mol. The molecule has 39 heavy (non-hydrogen) atoms. The highest BCUT2D eigenvalue weighted by Gasteiger charge is 2.17. The molecule has 7 heteroatoms. The third kappa shape index (κ3) is 3.23. The number of imidazole rings is 2. The van der Waals surface area contributed by atoms with Crippen molar-refractivity contribution in [2.75, 3.05) is 0 Å². The maximum Gasteiger partial charge on any atom is 0.165 e. The van der Waals surface area contributed by atoms with Gasteiger partial charge >= 0.3 is 0 Å². The van der Waals surface area contributed by atoms with E-state index in [1.165, 1.54) is 10.9 Å². The lowest BCUT2D eigenvalue weighted by Crippen LogP contribution is -2.10. The van der Waals surface area contributed by atoms with Crippen LogP contribution in [0.25, 0.3) is 54.9 Å². The number of ether oxygens (including phenoxy) is 1.